The molecule has 4 aliphatic rings. The van der Waals surface area contributed by atoms with Gasteiger partial charge in [0.05, 0.1) is 11.0 Å². The molecule has 298 valence electrons. The molecule has 7 heterocycles. The van der Waals surface area contributed by atoms with E-state index < -0.39 is 0 Å². The third-order valence-corrected chi connectivity index (χ3v) is 17.2. The molecule has 7 heteroatoms. The van der Waals surface area contributed by atoms with Crippen LogP contribution in [0, 0.1) is 0 Å². The Morgan fingerprint density at radius 3 is 1.29 bits per heavy atom. The van der Waals surface area contributed by atoms with Crippen molar-refractivity contribution in [3.63, 3.8) is 0 Å². The highest BCUT2D eigenvalue weighted by Crippen LogP contribution is 2.45. The lowest BCUT2D eigenvalue weighted by molar-refractivity contribution is 0.588. The number of para-hydroxylation sites is 4. The maximum absolute atomic E-state index is 7.00. The molecule has 15 rings (SSSR count). The molecule has 3 nitrogen and oxygen atoms in total. The summed E-state index contributed by atoms with van der Waals surface area (Å²) in [6, 6.07) is 51.6. The van der Waals surface area contributed by atoms with Gasteiger partial charge in [-0.05, 0) is 92.3 Å². The second-order valence-corrected chi connectivity index (χ2v) is 22.6. The second-order valence-electron chi connectivity index (χ2n) is 20.5. The molecule has 8 aromatic carbocycles. The van der Waals surface area contributed by atoms with Gasteiger partial charge in [-0.1, -0.05) is 161 Å². The minimum Gasteiger partial charge on any atom is -0.456 e. The number of nitrogens with zero attached hydrogens (tertiary/aromatic N) is 2. The third kappa shape index (κ3) is 4.43. The Kier molecular flexibility index (Phi) is 6.51. The van der Waals surface area contributed by atoms with Crippen LogP contribution in [0.15, 0.2) is 157 Å². The Labute approximate surface area is 374 Å². The molecular formula is C56H40B2N2OS2. The van der Waals surface area contributed by atoms with E-state index in [4.69, 9.17) is 4.42 Å². The van der Waals surface area contributed by atoms with E-state index in [1.807, 2.05) is 23.5 Å². The smallest absolute Gasteiger partial charge is 0.249 e. The van der Waals surface area contributed by atoms with E-state index in [2.05, 4.69) is 184 Å². The minimum absolute atomic E-state index is 0.00409. The third-order valence-electron chi connectivity index (χ3n) is 14.9. The highest BCUT2D eigenvalue weighted by Gasteiger charge is 2.43. The van der Waals surface area contributed by atoms with Crippen molar-refractivity contribution >= 4 is 135 Å². The largest absolute Gasteiger partial charge is 0.456 e. The molecule has 0 amide bonds. The summed E-state index contributed by atoms with van der Waals surface area (Å²) >= 11 is 3.85. The lowest BCUT2D eigenvalue weighted by atomic mass is 9.35. The molecule has 0 spiro atoms. The molecule has 0 saturated heterocycles. The Hall–Kier alpha value is -6.01. The van der Waals surface area contributed by atoms with Gasteiger partial charge in [0.15, 0.2) is 0 Å². The topological polar surface area (TPSA) is 23.0 Å². The van der Waals surface area contributed by atoms with Gasteiger partial charge in [0.25, 0.3) is 0 Å². The molecule has 0 fully saturated rings. The highest BCUT2D eigenvalue weighted by molar-refractivity contribution is 8.00. The van der Waals surface area contributed by atoms with Crippen LogP contribution in [0.3, 0.4) is 0 Å². The maximum atomic E-state index is 7.00. The molecule has 0 N–H and O–H groups in total. The fourth-order valence-electron chi connectivity index (χ4n) is 12.0. The summed E-state index contributed by atoms with van der Waals surface area (Å²) < 4.78 is 12.2. The number of rotatable bonds is 0. The molecule has 63 heavy (non-hydrogen) atoms. The number of hydrogen-bond donors (Lipinski definition) is 0. The number of fused-ring (bicyclic) bond motifs is 17. The van der Waals surface area contributed by atoms with Gasteiger partial charge in [0, 0.05) is 74.3 Å². The van der Waals surface area contributed by atoms with Gasteiger partial charge >= 0.3 is 0 Å². The number of furan rings is 1. The summed E-state index contributed by atoms with van der Waals surface area (Å²) in [5.74, 6) is 0. The molecule has 0 saturated carbocycles. The summed E-state index contributed by atoms with van der Waals surface area (Å²) in [5.41, 5.74) is 20.9. The lowest BCUT2D eigenvalue weighted by Crippen LogP contribution is -2.59. The average molecular weight is 843 g/mol. The van der Waals surface area contributed by atoms with E-state index in [9.17, 15) is 0 Å². The lowest BCUT2D eigenvalue weighted by Gasteiger charge is -2.35. The fourth-order valence-corrected chi connectivity index (χ4v) is 14.4. The van der Waals surface area contributed by atoms with Crippen molar-refractivity contribution in [3.8, 4) is 11.4 Å². The Bertz CT molecular complexity index is 3710. The summed E-state index contributed by atoms with van der Waals surface area (Å²) in [4.78, 5) is 5.28. The van der Waals surface area contributed by atoms with Crippen molar-refractivity contribution in [1.29, 1.82) is 0 Å². The normalized spacial score (nSPS) is 14.6. The first-order chi connectivity index (χ1) is 30.5. The zero-order valence-electron chi connectivity index (χ0n) is 36.0. The van der Waals surface area contributed by atoms with Crippen LogP contribution in [-0.2, 0) is 10.8 Å². The van der Waals surface area contributed by atoms with Crippen molar-refractivity contribution < 1.29 is 4.42 Å². The molecule has 0 unspecified atom stereocenters. The molecule has 3 aromatic heterocycles. The SMILES string of the molecule is CC(C)(C)c1cc2c3c(c1)-n1c4ccccc4c4cccc(c41)B3c1cc3c(cc1S2)oc1cc2c(cc13)B1c3c(cc(C(C)(C)C)cc3-n3c4ccccc4c4cccc1c43)S2. The standard InChI is InChI=1S/C56H40B2N2OS2/c1-55(2,3)29-21-43-51-49(23-29)62-47-27-45-35(25-39(47)57(51)37-17-11-15-33-31-13-7-9-19-41(31)59(43)53(33)37)36-26-40-48(28-46(36)61-45)63-50-24-30(56(4,5)6)22-44-52(50)58(40)38-18-12-16-34-32-14-8-10-20-42(32)60(44)54(34)38/h7-28H,1-6H3. The van der Waals surface area contributed by atoms with Crippen molar-refractivity contribution in [2.45, 2.75) is 72.0 Å². The predicted molar refractivity (Wildman–Crippen MR) is 270 cm³/mol. The highest BCUT2D eigenvalue weighted by atomic mass is 32.2. The Morgan fingerprint density at radius 1 is 0.413 bits per heavy atom. The minimum atomic E-state index is -0.00409. The first-order valence-corrected chi connectivity index (χ1v) is 23.9. The predicted octanol–water partition coefficient (Wildman–Crippen LogP) is 11.0. The van der Waals surface area contributed by atoms with Gasteiger partial charge in [0.2, 0.25) is 13.4 Å². The first-order valence-electron chi connectivity index (χ1n) is 22.3. The summed E-state index contributed by atoms with van der Waals surface area (Å²) in [5, 5.41) is 7.67. The van der Waals surface area contributed by atoms with Gasteiger partial charge in [-0.3, -0.25) is 0 Å². The quantitative estimate of drug-likeness (QED) is 0.142. The number of hydrogen-bond acceptors (Lipinski definition) is 3. The van der Waals surface area contributed by atoms with Crippen LogP contribution < -0.4 is 32.8 Å². The zero-order chi connectivity index (χ0) is 42.0. The van der Waals surface area contributed by atoms with Crippen molar-refractivity contribution in [2.75, 3.05) is 0 Å². The van der Waals surface area contributed by atoms with Crippen LogP contribution in [0.25, 0.3) is 76.9 Å². The summed E-state index contributed by atoms with van der Waals surface area (Å²) in [7, 11) is 0. The van der Waals surface area contributed by atoms with Crippen LogP contribution in [0.2, 0.25) is 0 Å². The van der Waals surface area contributed by atoms with Crippen molar-refractivity contribution in [2.24, 2.45) is 0 Å². The molecule has 0 aliphatic carbocycles. The van der Waals surface area contributed by atoms with Crippen molar-refractivity contribution in [3.05, 3.63) is 145 Å². The average Bonchev–Trinajstić information content (AvgIpc) is 3.92. The van der Waals surface area contributed by atoms with Gasteiger partial charge in [-0.2, -0.15) is 0 Å². The van der Waals surface area contributed by atoms with Gasteiger partial charge in [-0.25, -0.2) is 0 Å². The van der Waals surface area contributed by atoms with Gasteiger partial charge < -0.3 is 13.6 Å². The molecule has 4 aliphatic heterocycles. The monoisotopic (exact) mass is 842 g/mol. The first kappa shape index (κ1) is 35.5. The number of benzene rings is 8. The summed E-state index contributed by atoms with van der Waals surface area (Å²) in [6.45, 7) is 14.2. The molecule has 0 bridgehead atoms. The van der Waals surface area contributed by atoms with Gasteiger partial charge in [-0.15, -0.1) is 0 Å². The van der Waals surface area contributed by atoms with Crippen LogP contribution in [0.1, 0.15) is 52.7 Å². The Morgan fingerprint density at radius 2 is 0.841 bits per heavy atom. The van der Waals surface area contributed by atoms with Crippen LogP contribution >= 0.6 is 23.5 Å². The van der Waals surface area contributed by atoms with Crippen LogP contribution in [0.5, 0.6) is 0 Å². The maximum Gasteiger partial charge on any atom is 0.249 e. The van der Waals surface area contributed by atoms with E-state index in [0.717, 1.165) is 11.2 Å². The summed E-state index contributed by atoms with van der Waals surface area (Å²) in [6.07, 6.45) is 0. The van der Waals surface area contributed by atoms with Crippen LogP contribution in [0.4, 0.5) is 0 Å². The van der Waals surface area contributed by atoms with Crippen molar-refractivity contribution in [1.82, 2.24) is 9.13 Å². The number of aromatic nitrogens is 2. The molecule has 0 radical (unpaired) electrons. The Balaban J connectivity index is 0.997. The molecular weight excluding hydrogens is 802 g/mol. The van der Waals surface area contributed by atoms with E-state index in [1.54, 1.807) is 0 Å². The van der Waals surface area contributed by atoms with Gasteiger partial charge in [0.1, 0.15) is 11.2 Å². The van der Waals surface area contributed by atoms with E-state index in [-0.39, 0.29) is 24.3 Å². The fraction of sp³-hybridized carbons (Fsp3) is 0.143. The molecule has 11 aromatic rings. The molecule has 0 atom stereocenters. The second kappa shape index (κ2) is 11.6. The van der Waals surface area contributed by atoms with Crippen LogP contribution in [-0.4, -0.2) is 22.6 Å². The zero-order valence-corrected chi connectivity index (χ0v) is 37.6. The van der Waals surface area contributed by atoms with E-state index in [0.29, 0.717) is 0 Å². The van der Waals surface area contributed by atoms with E-state index in [1.165, 1.54) is 129 Å². The van der Waals surface area contributed by atoms with E-state index >= 15 is 0 Å².